The van der Waals surface area contributed by atoms with Crippen molar-refractivity contribution in [2.45, 2.75) is 52.1 Å². The zero-order valence-corrected chi connectivity index (χ0v) is 19.9. The lowest BCUT2D eigenvalue weighted by Gasteiger charge is -2.27. The molecule has 11 nitrogen and oxygen atoms in total. The van der Waals surface area contributed by atoms with E-state index in [1.165, 1.54) is 12.8 Å². The molecule has 3 aromatic rings. The van der Waals surface area contributed by atoms with Gasteiger partial charge in [-0.3, -0.25) is 9.59 Å². The van der Waals surface area contributed by atoms with Gasteiger partial charge in [0.1, 0.15) is 0 Å². The summed E-state index contributed by atoms with van der Waals surface area (Å²) in [7, 11) is 0. The number of hydrogen-bond donors (Lipinski definition) is 4. The molecule has 184 valence electrons. The third kappa shape index (κ3) is 6.11. The van der Waals surface area contributed by atoms with Gasteiger partial charge in [0.05, 0.1) is 18.4 Å². The Bertz CT molecular complexity index is 1260. The maximum absolute atomic E-state index is 12.7. The Morgan fingerprint density at radius 3 is 2.69 bits per heavy atom. The number of fused-ring (bicyclic) bond motifs is 1. The molecule has 1 aromatic carbocycles. The highest BCUT2D eigenvalue weighted by atomic mass is 16.4. The summed E-state index contributed by atoms with van der Waals surface area (Å²) in [5, 5.41) is 11.7. The van der Waals surface area contributed by atoms with Crippen LogP contribution in [0, 0.1) is 12.8 Å². The van der Waals surface area contributed by atoms with E-state index in [1.54, 1.807) is 19.2 Å². The second-order valence-electron chi connectivity index (χ2n) is 9.13. The van der Waals surface area contributed by atoms with Crippen LogP contribution in [-0.2, 0) is 11.3 Å². The van der Waals surface area contributed by atoms with Crippen molar-refractivity contribution < 1.29 is 14.7 Å². The van der Waals surface area contributed by atoms with E-state index in [1.807, 2.05) is 19.1 Å². The predicted molar refractivity (Wildman–Crippen MR) is 133 cm³/mol. The minimum absolute atomic E-state index is 0.0123. The molecule has 1 atom stereocenters. The highest BCUT2D eigenvalue weighted by Gasteiger charge is 2.26. The number of nitrogens with zero attached hydrogens (tertiary/aromatic N) is 5. The van der Waals surface area contributed by atoms with Gasteiger partial charge in [-0.25, -0.2) is 9.97 Å². The Labute approximate surface area is 203 Å². The highest BCUT2D eigenvalue weighted by molar-refractivity contribution is 5.95. The van der Waals surface area contributed by atoms with Gasteiger partial charge in [0, 0.05) is 30.3 Å². The van der Waals surface area contributed by atoms with Gasteiger partial charge in [-0.2, -0.15) is 9.97 Å². The van der Waals surface area contributed by atoms with E-state index in [0.29, 0.717) is 35.6 Å². The van der Waals surface area contributed by atoms with Crippen molar-refractivity contribution in [3.05, 3.63) is 41.2 Å². The zero-order valence-electron chi connectivity index (χ0n) is 19.9. The van der Waals surface area contributed by atoms with Crippen molar-refractivity contribution in [3.63, 3.8) is 0 Å². The number of hydrogen-bond acceptors (Lipinski definition) is 9. The van der Waals surface area contributed by atoms with E-state index in [2.05, 4.69) is 30.2 Å². The fourth-order valence-electron chi connectivity index (χ4n) is 3.99. The topological polar surface area (TPSA) is 173 Å². The minimum atomic E-state index is -0.877. The van der Waals surface area contributed by atoms with Gasteiger partial charge < -0.3 is 26.8 Å². The van der Waals surface area contributed by atoms with Gasteiger partial charge in [0.2, 0.25) is 5.95 Å². The maximum Gasteiger partial charge on any atom is 0.303 e. The number of carboxylic acid groups (broad SMARTS) is 1. The highest BCUT2D eigenvalue weighted by Crippen LogP contribution is 2.33. The third-order valence-electron chi connectivity index (χ3n) is 6.00. The van der Waals surface area contributed by atoms with Crippen molar-refractivity contribution in [2.24, 2.45) is 5.92 Å². The molecule has 1 unspecified atom stereocenters. The first-order valence-corrected chi connectivity index (χ1v) is 11.6. The van der Waals surface area contributed by atoms with Crippen LogP contribution in [0.3, 0.4) is 0 Å². The number of anilines is 3. The van der Waals surface area contributed by atoms with Crippen LogP contribution in [0.5, 0.6) is 0 Å². The number of nitrogens with one attached hydrogen (secondary N) is 1. The number of benzene rings is 1. The summed E-state index contributed by atoms with van der Waals surface area (Å²) in [6, 6.07) is 5.36. The molecule has 1 amide bonds. The van der Waals surface area contributed by atoms with Gasteiger partial charge in [-0.1, -0.05) is 0 Å². The van der Waals surface area contributed by atoms with E-state index < -0.39 is 5.97 Å². The quantitative estimate of drug-likeness (QED) is 0.338. The smallest absolute Gasteiger partial charge is 0.303 e. The molecule has 0 bridgehead atoms. The van der Waals surface area contributed by atoms with Crippen LogP contribution >= 0.6 is 0 Å². The summed E-state index contributed by atoms with van der Waals surface area (Å²) in [5.74, 6) is -0.226. The number of nitrogens with two attached hydrogens (primary N) is 2. The van der Waals surface area contributed by atoms with E-state index in [-0.39, 0.29) is 30.1 Å². The molecule has 6 N–H and O–H groups in total. The molecule has 2 heterocycles. The zero-order chi connectivity index (χ0) is 25.1. The average molecular weight is 479 g/mol. The van der Waals surface area contributed by atoms with Crippen molar-refractivity contribution >= 4 is 40.5 Å². The lowest BCUT2D eigenvalue weighted by atomic mass is 10.1. The molecule has 35 heavy (non-hydrogen) atoms. The fourth-order valence-corrected chi connectivity index (χ4v) is 3.99. The number of carboxylic acids is 1. The molecule has 1 fully saturated rings. The number of carbonyl (C=O) groups excluding carboxylic acids is 1. The van der Waals surface area contributed by atoms with Crippen molar-refractivity contribution in [3.8, 4) is 0 Å². The molecule has 0 spiro atoms. The lowest BCUT2D eigenvalue weighted by Crippen LogP contribution is -2.33. The summed E-state index contributed by atoms with van der Waals surface area (Å²) in [5.41, 5.74) is 15.6. The monoisotopic (exact) mass is 478 g/mol. The van der Waals surface area contributed by atoms with E-state index >= 15 is 0 Å². The van der Waals surface area contributed by atoms with Gasteiger partial charge >= 0.3 is 5.97 Å². The molecule has 4 rings (SSSR count). The van der Waals surface area contributed by atoms with Gasteiger partial charge in [-0.05, 0) is 62.8 Å². The fraction of sp³-hybridized carbons (Fsp3) is 0.417. The van der Waals surface area contributed by atoms with Crippen LogP contribution in [0.2, 0.25) is 0 Å². The van der Waals surface area contributed by atoms with Crippen LogP contribution in [-0.4, -0.2) is 49.5 Å². The van der Waals surface area contributed by atoms with Crippen molar-refractivity contribution in [1.82, 2.24) is 25.3 Å². The van der Waals surface area contributed by atoms with Crippen molar-refractivity contribution in [2.75, 3.05) is 22.9 Å². The number of aromatic nitrogens is 4. The molecule has 0 aliphatic heterocycles. The average Bonchev–Trinajstić information content (AvgIpc) is 3.61. The van der Waals surface area contributed by atoms with Gasteiger partial charge in [-0.15, -0.1) is 0 Å². The van der Waals surface area contributed by atoms with E-state index in [0.717, 1.165) is 23.5 Å². The summed E-state index contributed by atoms with van der Waals surface area (Å²) in [6.45, 7) is 5.16. The Kier molecular flexibility index (Phi) is 6.94. The maximum atomic E-state index is 12.7. The molecule has 11 heteroatoms. The Morgan fingerprint density at radius 1 is 1.23 bits per heavy atom. The van der Waals surface area contributed by atoms with E-state index in [4.69, 9.17) is 16.6 Å². The van der Waals surface area contributed by atoms with Crippen LogP contribution in [0.4, 0.5) is 17.5 Å². The van der Waals surface area contributed by atoms with Gasteiger partial charge in [0.15, 0.2) is 17.0 Å². The van der Waals surface area contributed by atoms with Crippen molar-refractivity contribution in [1.29, 1.82) is 0 Å². The first kappa shape index (κ1) is 24.1. The first-order chi connectivity index (χ1) is 16.7. The molecule has 1 aliphatic rings. The Balaban J connectivity index is 1.53. The number of amides is 1. The molecular formula is C24H30N8O3. The number of rotatable bonds is 10. The first-order valence-electron chi connectivity index (χ1n) is 11.6. The summed E-state index contributed by atoms with van der Waals surface area (Å²) < 4.78 is 0. The molecular weight excluding hydrogens is 448 g/mol. The second-order valence-corrected chi connectivity index (χ2v) is 9.13. The molecule has 1 saturated carbocycles. The lowest BCUT2D eigenvalue weighted by molar-refractivity contribution is -0.137. The molecule has 0 radical (unpaired) electrons. The largest absolute Gasteiger partial charge is 0.481 e. The van der Waals surface area contributed by atoms with Crippen LogP contribution in [0.1, 0.15) is 54.2 Å². The second kappa shape index (κ2) is 10.1. The Hall–Kier alpha value is -4.02. The van der Waals surface area contributed by atoms with Crippen LogP contribution in [0.15, 0.2) is 24.4 Å². The number of aryl methyl sites for hydroxylation is 1. The molecule has 2 aromatic heterocycles. The van der Waals surface area contributed by atoms with Crippen LogP contribution in [0.25, 0.3) is 11.2 Å². The SMILES string of the molecule is Cc1cc(C(=O)NC(C)CCC(=O)O)ccc1N(Cc1cnc2nc(N)nc(N)c2n1)CC1CC1. The predicted octanol–water partition coefficient (Wildman–Crippen LogP) is 2.29. The van der Waals surface area contributed by atoms with E-state index in [9.17, 15) is 9.59 Å². The normalized spacial score (nSPS) is 14.0. The summed E-state index contributed by atoms with van der Waals surface area (Å²) in [4.78, 5) is 42.7. The standard InChI is InChI=1S/C24H30N8O3/c1-13-9-16(23(35)28-14(2)3-8-19(33)34)6-7-18(13)32(11-15-4-5-15)12-17-10-27-22-20(29-17)21(25)30-24(26)31-22/h6-7,9-10,14-15H,3-5,8,11-12H2,1-2H3,(H,28,35)(H,33,34)(H4,25,26,27,30,31). The summed E-state index contributed by atoms with van der Waals surface area (Å²) >= 11 is 0. The summed E-state index contributed by atoms with van der Waals surface area (Å²) in [6.07, 6.45) is 4.44. The third-order valence-corrected chi connectivity index (χ3v) is 6.00. The number of aliphatic carboxylic acids is 1. The van der Waals surface area contributed by atoms with Crippen LogP contribution < -0.4 is 21.7 Å². The van der Waals surface area contributed by atoms with Gasteiger partial charge in [0.25, 0.3) is 5.91 Å². The minimum Gasteiger partial charge on any atom is -0.481 e. The molecule has 0 saturated heterocycles. The molecule has 1 aliphatic carbocycles. The number of carbonyl (C=O) groups is 2. The Morgan fingerprint density at radius 2 is 2.00 bits per heavy atom. The number of nitrogen functional groups attached to an aromatic ring is 2.